The molecule has 0 radical (unpaired) electrons. The zero-order valence-corrected chi connectivity index (χ0v) is 10.5. The molecule has 0 aromatic heterocycles. The van der Waals surface area contributed by atoms with Gasteiger partial charge in [-0.2, -0.15) is 0 Å². The van der Waals surface area contributed by atoms with Gasteiger partial charge >= 0.3 is 6.03 Å². The van der Waals surface area contributed by atoms with E-state index in [-0.39, 0.29) is 6.03 Å². The normalized spacial score (nSPS) is 21.0. The van der Waals surface area contributed by atoms with Crippen LogP contribution < -0.4 is 10.6 Å². The molecule has 18 heavy (non-hydrogen) atoms. The minimum atomic E-state index is 0.159. The minimum Gasteiger partial charge on any atom is -0.399 e. The second kappa shape index (κ2) is 4.52. The van der Waals surface area contributed by atoms with Gasteiger partial charge in [-0.1, -0.05) is 12.8 Å². The molecular formula is C14H19N3O. The van der Waals surface area contributed by atoms with Crippen LogP contribution in [0.2, 0.25) is 0 Å². The zero-order valence-electron chi connectivity index (χ0n) is 10.5. The number of urea groups is 1. The number of hydrogen-bond donors (Lipinski definition) is 1. The Bertz CT molecular complexity index is 437. The van der Waals surface area contributed by atoms with E-state index in [2.05, 4.69) is 0 Å². The number of carbonyl (C=O) groups is 1. The van der Waals surface area contributed by atoms with E-state index in [0.717, 1.165) is 24.5 Å². The molecule has 4 heteroatoms. The molecule has 1 saturated carbocycles. The second-order valence-electron chi connectivity index (χ2n) is 5.16. The molecule has 0 unspecified atom stereocenters. The van der Waals surface area contributed by atoms with Crippen molar-refractivity contribution in [3.63, 3.8) is 0 Å². The van der Waals surface area contributed by atoms with Crippen molar-refractivity contribution in [2.24, 2.45) is 0 Å². The largest absolute Gasteiger partial charge is 0.399 e. The van der Waals surface area contributed by atoms with Crippen molar-refractivity contribution in [2.45, 2.75) is 31.7 Å². The van der Waals surface area contributed by atoms with E-state index >= 15 is 0 Å². The van der Waals surface area contributed by atoms with Crippen LogP contribution in [0.3, 0.4) is 0 Å². The number of nitrogen functional groups attached to an aromatic ring is 1. The Morgan fingerprint density at radius 2 is 1.72 bits per heavy atom. The quantitative estimate of drug-likeness (QED) is 0.814. The summed E-state index contributed by atoms with van der Waals surface area (Å²) >= 11 is 0. The summed E-state index contributed by atoms with van der Waals surface area (Å²) in [7, 11) is 0. The third-order valence-electron chi connectivity index (χ3n) is 4.01. The average molecular weight is 245 g/mol. The molecule has 96 valence electrons. The number of anilines is 2. The molecule has 2 amide bonds. The predicted octanol–water partition coefficient (Wildman–Crippen LogP) is 2.45. The first-order chi connectivity index (χ1) is 8.75. The lowest BCUT2D eigenvalue weighted by molar-refractivity contribution is 0.201. The molecule has 0 bridgehead atoms. The molecule has 0 spiro atoms. The standard InChI is InChI=1S/C14H19N3O/c15-11-5-7-13(8-6-11)17-10-9-16(14(17)18)12-3-1-2-4-12/h5-8,12H,1-4,9-10,15H2. The van der Waals surface area contributed by atoms with Gasteiger partial charge in [-0.05, 0) is 37.1 Å². The van der Waals surface area contributed by atoms with E-state index in [1.807, 2.05) is 34.1 Å². The van der Waals surface area contributed by atoms with Gasteiger partial charge in [0.15, 0.2) is 0 Å². The van der Waals surface area contributed by atoms with Crippen LogP contribution in [0.25, 0.3) is 0 Å². The molecule has 0 atom stereocenters. The molecule has 3 rings (SSSR count). The summed E-state index contributed by atoms with van der Waals surface area (Å²) in [6.45, 7) is 1.65. The van der Waals surface area contributed by atoms with Crippen LogP contribution in [0, 0.1) is 0 Å². The van der Waals surface area contributed by atoms with E-state index < -0.39 is 0 Å². The number of nitrogens with zero attached hydrogens (tertiary/aromatic N) is 2. The fourth-order valence-corrected chi connectivity index (χ4v) is 3.00. The topological polar surface area (TPSA) is 49.6 Å². The van der Waals surface area contributed by atoms with Gasteiger partial charge in [-0.25, -0.2) is 4.79 Å². The molecule has 1 aliphatic heterocycles. The van der Waals surface area contributed by atoms with Crippen LogP contribution in [0.1, 0.15) is 25.7 Å². The third kappa shape index (κ3) is 1.92. The second-order valence-corrected chi connectivity index (χ2v) is 5.16. The van der Waals surface area contributed by atoms with Crippen molar-refractivity contribution in [1.82, 2.24) is 4.90 Å². The summed E-state index contributed by atoms with van der Waals surface area (Å²) in [5, 5.41) is 0. The monoisotopic (exact) mass is 245 g/mol. The lowest BCUT2D eigenvalue weighted by Gasteiger charge is -2.24. The average Bonchev–Trinajstić information content (AvgIpc) is 2.99. The highest BCUT2D eigenvalue weighted by Crippen LogP contribution is 2.29. The lowest BCUT2D eigenvalue weighted by atomic mass is 10.2. The molecule has 1 heterocycles. The van der Waals surface area contributed by atoms with Gasteiger partial charge in [0.05, 0.1) is 0 Å². The van der Waals surface area contributed by atoms with E-state index in [9.17, 15) is 4.79 Å². The molecule has 1 saturated heterocycles. The molecule has 2 fully saturated rings. The summed E-state index contributed by atoms with van der Waals surface area (Å²) in [4.78, 5) is 16.3. The Hall–Kier alpha value is -1.71. The minimum absolute atomic E-state index is 0.159. The Morgan fingerprint density at radius 3 is 2.39 bits per heavy atom. The molecule has 1 aromatic rings. The van der Waals surface area contributed by atoms with Gasteiger partial charge in [0.25, 0.3) is 0 Å². The number of rotatable bonds is 2. The van der Waals surface area contributed by atoms with Crippen LogP contribution in [-0.2, 0) is 0 Å². The molecule has 4 nitrogen and oxygen atoms in total. The summed E-state index contributed by atoms with van der Waals surface area (Å²) in [6.07, 6.45) is 4.86. The van der Waals surface area contributed by atoms with Crippen LogP contribution >= 0.6 is 0 Å². The van der Waals surface area contributed by atoms with Crippen LogP contribution in [0.15, 0.2) is 24.3 Å². The fourth-order valence-electron chi connectivity index (χ4n) is 3.00. The van der Waals surface area contributed by atoms with Crippen molar-refractivity contribution in [3.05, 3.63) is 24.3 Å². The van der Waals surface area contributed by atoms with Crippen molar-refractivity contribution < 1.29 is 4.79 Å². The molecule has 1 aromatic carbocycles. The van der Waals surface area contributed by atoms with E-state index in [4.69, 9.17) is 5.73 Å². The Labute approximate surface area is 107 Å². The smallest absolute Gasteiger partial charge is 0.324 e. The Morgan fingerprint density at radius 1 is 1.06 bits per heavy atom. The third-order valence-corrected chi connectivity index (χ3v) is 4.01. The van der Waals surface area contributed by atoms with Crippen molar-refractivity contribution in [2.75, 3.05) is 23.7 Å². The highest BCUT2D eigenvalue weighted by atomic mass is 16.2. The van der Waals surface area contributed by atoms with E-state index in [1.165, 1.54) is 25.7 Å². The van der Waals surface area contributed by atoms with Crippen molar-refractivity contribution in [3.8, 4) is 0 Å². The number of nitrogens with two attached hydrogens (primary N) is 1. The first-order valence-electron chi connectivity index (χ1n) is 6.69. The Balaban J connectivity index is 1.75. The molecular weight excluding hydrogens is 226 g/mol. The summed E-state index contributed by atoms with van der Waals surface area (Å²) in [5.41, 5.74) is 7.36. The highest BCUT2D eigenvalue weighted by molar-refractivity contribution is 5.94. The molecule has 1 aliphatic carbocycles. The number of carbonyl (C=O) groups excluding carboxylic acids is 1. The number of hydrogen-bond acceptors (Lipinski definition) is 2. The highest BCUT2D eigenvalue weighted by Gasteiger charge is 2.35. The van der Waals surface area contributed by atoms with Gasteiger partial charge in [0, 0.05) is 30.5 Å². The zero-order chi connectivity index (χ0) is 12.5. The lowest BCUT2D eigenvalue weighted by Crippen LogP contribution is -2.37. The van der Waals surface area contributed by atoms with E-state index in [1.54, 1.807) is 0 Å². The SMILES string of the molecule is Nc1ccc(N2CCN(C3CCCC3)C2=O)cc1. The predicted molar refractivity (Wildman–Crippen MR) is 72.6 cm³/mol. The maximum atomic E-state index is 12.4. The van der Waals surface area contributed by atoms with Crippen molar-refractivity contribution in [1.29, 1.82) is 0 Å². The maximum absolute atomic E-state index is 12.4. The van der Waals surface area contributed by atoms with Crippen LogP contribution in [-0.4, -0.2) is 30.1 Å². The van der Waals surface area contributed by atoms with Crippen molar-refractivity contribution >= 4 is 17.4 Å². The van der Waals surface area contributed by atoms with Gasteiger partial charge in [-0.15, -0.1) is 0 Å². The molecule has 2 N–H and O–H groups in total. The first kappa shape index (κ1) is 11.4. The Kier molecular flexibility index (Phi) is 2.86. The first-order valence-corrected chi connectivity index (χ1v) is 6.69. The summed E-state index contributed by atoms with van der Waals surface area (Å²) in [6, 6.07) is 8.17. The maximum Gasteiger partial charge on any atom is 0.324 e. The van der Waals surface area contributed by atoms with Crippen LogP contribution in [0.5, 0.6) is 0 Å². The number of amides is 2. The van der Waals surface area contributed by atoms with Gasteiger partial charge in [-0.3, -0.25) is 4.90 Å². The summed E-state index contributed by atoms with van der Waals surface area (Å²) < 4.78 is 0. The van der Waals surface area contributed by atoms with E-state index in [0.29, 0.717) is 6.04 Å². The number of benzene rings is 1. The van der Waals surface area contributed by atoms with Crippen LogP contribution in [0.4, 0.5) is 16.2 Å². The fraction of sp³-hybridized carbons (Fsp3) is 0.500. The van der Waals surface area contributed by atoms with Gasteiger partial charge < -0.3 is 10.6 Å². The summed E-state index contributed by atoms with van der Waals surface area (Å²) in [5.74, 6) is 0. The van der Waals surface area contributed by atoms with Gasteiger partial charge in [0.1, 0.15) is 0 Å². The van der Waals surface area contributed by atoms with Gasteiger partial charge in [0.2, 0.25) is 0 Å². The molecule has 2 aliphatic rings.